The molecule has 1 atom stereocenters. The monoisotopic (exact) mass is 343 g/mol. The molecule has 5 heteroatoms. The van der Waals surface area contributed by atoms with Crippen LogP contribution in [0.15, 0.2) is 42.5 Å². The van der Waals surface area contributed by atoms with Crippen LogP contribution in [0.1, 0.15) is 18.1 Å². The number of amides is 1. The first-order valence-electron chi connectivity index (χ1n) is 8.26. The Hall–Kier alpha value is -2.53. The molecule has 0 saturated heterocycles. The molecule has 1 amide bonds. The van der Waals surface area contributed by atoms with Gasteiger partial charge in [0, 0.05) is 18.9 Å². The van der Waals surface area contributed by atoms with Gasteiger partial charge in [0.05, 0.1) is 6.61 Å². The molecule has 0 saturated carbocycles. The molecule has 0 heterocycles. The highest BCUT2D eigenvalue weighted by Gasteiger charge is 2.16. The van der Waals surface area contributed by atoms with Crippen molar-refractivity contribution in [2.45, 2.75) is 26.9 Å². The molecule has 5 nitrogen and oxygen atoms in total. The zero-order valence-corrected chi connectivity index (χ0v) is 15.2. The molecule has 25 heavy (non-hydrogen) atoms. The van der Waals surface area contributed by atoms with Gasteiger partial charge in [-0.1, -0.05) is 18.2 Å². The average molecular weight is 343 g/mol. The maximum Gasteiger partial charge on any atom is 0.265 e. The molecular weight excluding hydrogens is 318 g/mol. The zero-order chi connectivity index (χ0) is 18.2. The lowest BCUT2D eigenvalue weighted by Gasteiger charge is -2.17. The normalized spacial score (nSPS) is 11.7. The quantitative estimate of drug-likeness (QED) is 0.742. The molecule has 1 unspecified atom stereocenters. The first kappa shape index (κ1) is 18.8. The highest BCUT2D eigenvalue weighted by molar-refractivity contribution is 5.94. The highest BCUT2D eigenvalue weighted by Crippen LogP contribution is 2.21. The van der Waals surface area contributed by atoms with Gasteiger partial charge in [-0.05, 0) is 50.1 Å². The van der Waals surface area contributed by atoms with Gasteiger partial charge < -0.3 is 19.5 Å². The van der Waals surface area contributed by atoms with Gasteiger partial charge in [0.15, 0.2) is 6.10 Å². The summed E-state index contributed by atoms with van der Waals surface area (Å²) in [4.78, 5) is 12.4. The summed E-state index contributed by atoms with van der Waals surface area (Å²) in [6.07, 6.45) is -0.612. The number of hydrogen-bond donors (Lipinski definition) is 1. The maximum absolute atomic E-state index is 12.4. The van der Waals surface area contributed by atoms with Gasteiger partial charge >= 0.3 is 0 Å². The Balaban J connectivity index is 1.96. The third-order valence-corrected chi connectivity index (χ3v) is 3.67. The van der Waals surface area contributed by atoms with E-state index < -0.39 is 6.10 Å². The smallest absolute Gasteiger partial charge is 0.265 e. The molecule has 0 aliphatic carbocycles. The molecule has 0 aliphatic rings. The van der Waals surface area contributed by atoms with Crippen molar-refractivity contribution in [2.24, 2.45) is 0 Å². The third-order valence-electron chi connectivity index (χ3n) is 3.67. The summed E-state index contributed by atoms with van der Waals surface area (Å²) in [7, 11) is 1.62. The summed E-state index contributed by atoms with van der Waals surface area (Å²) < 4.78 is 16.3. The lowest BCUT2D eigenvalue weighted by molar-refractivity contribution is -0.122. The summed E-state index contributed by atoms with van der Waals surface area (Å²) in [5, 5.41) is 2.85. The van der Waals surface area contributed by atoms with Gasteiger partial charge in [-0.25, -0.2) is 0 Å². The molecule has 0 aromatic heterocycles. The molecule has 0 fully saturated rings. The van der Waals surface area contributed by atoms with Gasteiger partial charge in [-0.15, -0.1) is 0 Å². The molecule has 1 N–H and O–H groups in total. The molecule has 2 aromatic rings. The molecule has 0 bridgehead atoms. The van der Waals surface area contributed by atoms with Crippen molar-refractivity contribution >= 4 is 11.6 Å². The molecule has 0 radical (unpaired) electrons. The SMILES string of the molecule is COCCOc1cccc(NC(=O)C(C)Oc2cc(C)ccc2C)c1. The second-order valence-corrected chi connectivity index (χ2v) is 5.89. The topological polar surface area (TPSA) is 56.8 Å². The Morgan fingerprint density at radius 2 is 1.92 bits per heavy atom. The number of hydrogen-bond acceptors (Lipinski definition) is 4. The number of nitrogens with one attached hydrogen (secondary N) is 1. The van der Waals surface area contributed by atoms with E-state index in [0.717, 1.165) is 16.9 Å². The summed E-state index contributed by atoms with van der Waals surface area (Å²) in [6.45, 7) is 6.65. The van der Waals surface area contributed by atoms with Gasteiger partial charge in [0.2, 0.25) is 0 Å². The minimum atomic E-state index is -0.612. The Kier molecular flexibility index (Phi) is 6.83. The standard InChI is InChI=1S/C20H25NO4/c1-14-8-9-15(2)19(12-14)25-16(3)20(22)21-17-6-5-7-18(13-17)24-11-10-23-4/h5-9,12-13,16H,10-11H2,1-4H3,(H,21,22). The molecule has 0 spiro atoms. The van der Waals surface area contributed by atoms with Gasteiger partial charge in [0.25, 0.3) is 5.91 Å². The maximum atomic E-state index is 12.4. The van der Waals surface area contributed by atoms with Crippen LogP contribution in [0.5, 0.6) is 11.5 Å². The molecule has 134 valence electrons. The fourth-order valence-corrected chi connectivity index (χ4v) is 2.23. The Morgan fingerprint density at radius 1 is 1.12 bits per heavy atom. The Labute approximate surface area is 148 Å². The van der Waals surface area contributed by atoms with Crippen molar-refractivity contribution in [3.63, 3.8) is 0 Å². The Bertz CT molecular complexity index is 715. The van der Waals surface area contributed by atoms with Crippen LogP contribution in [0, 0.1) is 13.8 Å². The van der Waals surface area contributed by atoms with E-state index in [-0.39, 0.29) is 5.91 Å². The first-order chi connectivity index (χ1) is 12.0. The van der Waals surface area contributed by atoms with Crippen molar-refractivity contribution in [1.29, 1.82) is 0 Å². The minimum Gasteiger partial charge on any atom is -0.491 e. The highest BCUT2D eigenvalue weighted by atomic mass is 16.5. The van der Waals surface area contributed by atoms with E-state index in [9.17, 15) is 4.79 Å². The number of methoxy groups -OCH3 is 1. The summed E-state index contributed by atoms with van der Waals surface area (Å²) >= 11 is 0. The lowest BCUT2D eigenvalue weighted by Crippen LogP contribution is -2.30. The Morgan fingerprint density at radius 3 is 2.68 bits per heavy atom. The van der Waals surface area contributed by atoms with Crippen molar-refractivity contribution in [3.05, 3.63) is 53.6 Å². The second-order valence-electron chi connectivity index (χ2n) is 5.89. The largest absolute Gasteiger partial charge is 0.491 e. The van der Waals surface area contributed by atoms with Crippen molar-refractivity contribution < 1.29 is 19.0 Å². The van der Waals surface area contributed by atoms with Gasteiger partial charge in [-0.2, -0.15) is 0 Å². The fraction of sp³-hybridized carbons (Fsp3) is 0.350. The minimum absolute atomic E-state index is 0.213. The van der Waals surface area contributed by atoms with Crippen LogP contribution < -0.4 is 14.8 Å². The van der Waals surface area contributed by atoms with E-state index in [0.29, 0.717) is 24.7 Å². The number of rotatable bonds is 8. The number of ether oxygens (including phenoxy) is 3. The molecule has 2 rings (SSSR count). The van der Waals surface area contributed by atoms with Gasteiger partial charge in [0.1, 0.15) is 18.1 Å². The van der Waals surface area contributed by atoms with Crippen molar-refractivity contribution in [3.8, 4) is 11.5 Å². The molecule has 2 aromatic carbocycles. The second kappa shape index (κ2) is 9.08. The fourth-order valence-electron chi connectivity index (χ4n) is 2.23. The van der Waals surface area contributed by atoms with E-state index in [2.05, 4.69) is 5.32 Å². The van der Waals surface area contributed by atoms with Crippen LogP contribution in [0.25, 0.3) is 0 Å². The van der Waals surface area contributed by atoms with Crippen LogP contribution in [0.3, 0.4) is 0 Å². The van der Waals surface area contributed by atoms with Crippen LogP contribution >= 0.6 is 0 Å². The van der Waals surface area contributed by atoms with Crippen LogP contribution in [0.4, 0.5) is 5.69 Å². The molecular formula is C20H25NO4. The number of benzene rings is 2. The number of anilines is 1. The van der Waals surface area contributed by atoms with Gasteiger partial charge in [-0.3, -0.25) is 4.79 Å². The molecule has 0 aliphatic heterocycles. The number of carbonyl (C=O) groups is 1. The van der Waals surface area contributed by atoms with E-state index in [1.165, 1.54) is 0 Å². The number of aryl methyl sites for hydroxylation is 2. The van der Waals surface area contributed by atoms with Crippen LogP contribution in [-0.2, 0) is 9.53 Å². The van der Waals surface area contributed by atoms with E-state index in [1.54, 1.807) is 20.1 Å². The first-order valence-corrected chi connectivity index (χ1v) is 8.26. The number of carbonyl (C=O) groups excluding carboxylic acids is 1. The third kappa shape index (κ3) is 5.80. The summed E-state index contributed by atoms with van der Waals surface area (Å²) in [6, 6.07) is 13.2. The zero-order valence-electron chi connectivity index (χ0n) is 15.2. The van der Waals surface area contributed by atoms with E-state index in [4.69, 9.17) is 14.2 Å². The van der Waals surface area contributed by atoms with Crippen LogP contribution in [0.2, 0.25) is 0 Å². The predicted octanol–water partition coefficient (Wildman–Crippen LogP) is 3.73. The van der Waals surface area contributed by atoms with Crippen molar-refractivity contribution in [2.75, 3.05) is 25.6 Å². The van der Waals surface area contributed by atoms with Crippen molar-refractivity contribution in [1.82, 2.24) is 0 Å². The predicted molar refractivity (Wildman–Crippen MR) is 98.4 cm³/mol. The lowest BCUT2D eigenvalue weighted by atomic mass is 10.1. The summed E-state index contributed by atoms with van der Waals surface area (Å²) in [5.41, 5.74) is 2.75. The van der Waals surface area contributed by atoms with E-state index >= 15 is 0 Å². The van der Waals surface area contributed by atoms with Crippen LogP contribution in [-0.4, -0.2) is 32.3 Å². The summed E-state index contributed by atoms with van der Waals surface area (Å²) in [5.74, 6) is 1.19. The average Bonchev–Trinajstić information content (AvgIpc) is 2.58. The van der Waals surface area contributed by atoms with E-state index in [1.807, 2.05) is 50.2 Å².